The molecule has 3 heteroatoms. The Bertz CT molecular complexity index is 66.1. The zero-order valence-corrected chi connectivity index (χ0v) is 4.63. The largest absolute Gasteiger partial charge is 0.441 e. The van der Waals surface area contributed by atoms with Gasteiger partial charge >= 0.3 is 0 Å². The molecule has 0 aromatic carbocycles. The first-order valence-corrected chi connectivity index (χ1v) is 2.76. The predicted molar refractivity (Wildman–Crippen MR) is 28.8 cm³/mol. The van der Waals surface area contributed by atoms with E-state index in [1.807, 2.05) is 0 Å². The van der Waals surface area contributed by atoms with Crippen molar-refractivity contribution < 1.29 is 14.9 Å². The second kappa shape index (κ2) is 2.44. The van der Waals surface area contributed by atoms with E-state index in [-0.39, 0.29) is 6.10 Å². The molecule has 0 amide bonds. The summed E-state index contributed by atoms with van der Waals surface area (Å²) in [4.78, 5) is 0. The standard InChI is InChI=1S/C5H10O3/c6-4-1-5(7)3-8-2-4/h4-7H,1-3H2/p+1/t4-,5+. The van der Waals surface area contributed by atoms with Gasteiger partial charge in [-0.1, -0.05) is 0 Å². The highest BCUT2D eigenvalue weighted by Gasteiger charge is 2.20. The fourth-order valence-corrected chi connectivity index (χ4v) is 0.811. The molecule has 48 valence electrons. The second-order valence-electron chi connectivity index (χ2n) is 2.12. The molecular weight excluding hydrogens is 108 g/mol. The summed E-state index contributed by atoms with van der Waals surface area (Å²) in [6.45, 7) is 0.895. The van der Waals surface area contributed by atoms with Crippen LogP contribution in [0, 0.1) is 0 Å². The van der Waals surface area contributed by atoms with Crippen LogP contribution in [-0.4, -0.2) is 35.6 Å². The van der Waals surface area contributed by atoms with E-state index in [1.165, 1.54) is 0 Å². The number of aliphatic hydroxyl groups is 1. The molecule has 0 bridgehead atoms. The molecule has 1 aliphatic heterocycles. The quantitative estimate of drug-likeness (QED) is 0.410. The minimum absolute atomic E-state index is 0.209. The Labute approximate surface area is 47.9 Å². The predicted octanol–water partition coefficient (Wildman–Crippen LogP) is -1.14. The van der Waals surface area contributed by atoms with Crippen LogP contribution in [-0.2, 0) is 4.74 Å². The van der Waals surface area contributed by atoms with Gasteiger partial charge in [-0.15, -0.1) is 0 Å². The van der Waals surface area contributed by atoms with Crippen molar-refractivity contribution in [1.82, 2.24) is 0 Å². The van der Waals surface area contributed by atoms with Gasteiger partial charge in [0.2, 0.25) is 0 Å². The summed E-state index contributed by atoms with van der Waals surface area (Å²) in [5, 5.41) is 16.0. The van der Waals surface area contributed by atoms with Crippen molar-refractivity contribution in [2.75, 3.05) is 13.2 Å². The van der Waals surface area contributed by atoms with Gasteiger partial charge in [0.15, 0.2) is 6.10 Å². The van der Waals surface area contributed by atoms with Crippen LogP contribution in [0.5, 0.6) is 0 Å². The molecule has 0 aromatic rings. The fourth-order valence-electron chi connectivity index (χ4n) is 0.811. The Balaban J connectivity index is 2.23. The molecule has 8 heavy (non-hydrogen) atoms. The fraction of sp³-hybridized carbons (Fsp3) is 1.00. The summed E-state index contributed by atoms with van der Waals surface area (Å²) in [5.41, 5.74) is 0. The van der Waals surface area contributed by atoms with E-state index in [0.29, 0.717) is 19.6 Å². The highest BCUT2D eigenvalue weighted by atomic mass is 16.5. The molecule has 0 spiro atoms. The minimum Gasteiger partial charge on any atom is -0.441 e. The summed E-state index contributed by atoms with van der Waals surface area (Å²) in [6, 6.07) is 0. The molecule has 0 saturated carbocycles. The third-order valence-electron chi connectivity index (χ3n) is 1.19. The molecule has 1 aliphatic rings. The van der Waals surface area contributed by atoms with Crippen molar-refractivity contribution in [3.63, 3.8) is 0 Å². The van der Waals surface area contributed by atoms with E-state index >= 15 is 0 Å². The van der Waals surface area contributed by atoms with Crippen molar-refractivity contribution in [3.8, 4) is 0 Å². The van der Waals surface area contributed by atoms with Gasteiger partial charge in [0.05, 0.1) is 12.7 Å². The first-order valence-electron chi connectivity index (χ1n) is 2.76. The van der Waals surface area contributed by atoms with Gasteiger partial charge in [-0.25, -0.2) is 0 Å². The van der Waals surface area contributed by atoms with E-state index in [0.717, 1.165) is 0 Å². The van der Waals surface area contributed by atoms with Crippen molar-refractivity contribution >= 4 is 0 Å². The average molecular weight is 119 g/mol. The third kappa shape index (κ3) is 1.43. The van der Waals surface area contributed by atoms with Gasteiger partial charge in [-0.3, -0.25) is 0 Å². The lowest BCUT2D eigenvalue weighted by Gasteiger charge is -2.18. The van der Waals surface area contributed by atoms with E-state index in [9.17, 15) is 0 Å². The Morgan fingerprint density at radius 1 is 1.50 bits per heavy atom. The Kier molecular flexibility index (Phi) is 1.83. The molecule has 0 unspecified atom stereocenters. The van der Waals surface area contributed by atoms with Gasteiger partial charge in [0, 0.05) is 6.42 Å². The molecule has 1 fully saturated rings. The van der Waals surface area contributed by atoms with E-state index in [4.69, 9.17) is 14.9 Å². The summed E-state index contributed by atoms with van der Waals surface area (Å²) in [6.07, 6.45) is -0.0370. The number of aliphatic hydroxyl groups excluding tert-OH is 1. The zero-order valence-electron chi connectivity index (χ0n) is 4.63. The van der Waals surface area contributed by atoms with Gasteiger partial charge in [-0.05, 0) is 0 Å². The molecule has 3 nitrogen and oxygen atoms in total. The maximum atomic E-state index is 8.83. The molecule has 3 N–H and O–H groups in total. The SMILES string of the molecule is O[C@@H]1COC[C@H]([OH2+])C1. The van der Waals surface area contributed by atoms with E-state index in [1.54, 1.807) is 0 Å². The van der Waals surface area contributed by atoms with Gasteiger partial charge in [0.1, 0.15) is 6.61 Å². The average Bonchev–Trinajstić information content (AvgIpc) is 1.64. The number of ether oxygens (including phenoxy) is 1. The first kappa shape index (κ1) is 6.01. The van der Waals surface area contributed by atoms with Gasteiger partial charge < -0.3 is 14.9 Å². The van der Waals surface area contributed by atoms with Gasteiger partial charge in [-0.2, -0.15) is 0 Å². The van der Waals surface area contributed by atoms with Crippen LogP contribution in [0.25, 0.3) is 0 Å². The summed E-state index contributed by atoms with van der Waals surface area (Å²) in [7, 11) is 0. The Morgan fingerprint density at radius 2 is 2.25 bits per heavy atom. The van der Waals surface area contributed by atoms with Crippen molar-refractivity contribution in [2.45, 2.75) is 18.6 Å². The molecule has 2 atom stereocenters. The third-order valence-corrected chi connectivity index (χ3v) is 1.19. The van der Waals surface area contributed by atoms with Crippen LogP contribution in [0.4, 0.5) is 0 Å². The van der Waals surface area contributed by atoms with Crippen molar-refractivity contribution in [3.05, 3.63) is 0 Å². The monoisotopic (exact) mass is 119 g/mol. The topological polar surface area (TPSA) is 52.4 Å². The molecule has 0 aliphatic carbocycles. The second-order valence-corrected chi connectivity index (χ2v) is 2.12. The molecule has 1 rings (SSSR count). The van der Waals surface area contributed by atoms with Crippen LogP contribution in [0.1, 0.15) is 6.42 Å². The van der Waals surface area contributed by atoms with Crippen LogP contribution in [0.3, 0.4) is 0 Å². The van der Waals surface area contributed by atoms with Crippen molar-refractivity contribution in [1.29, 1.82) is 0 Å². The van der Waals surface area contributed by atoms with Crippen LogP contribution in [0.15, 0.2) is 0 Å². The summed E-state index contributed by atoms with van der Waals surface area (Å²) in [5.74, 6) is 0. The molecular formula is C5H11O3+. The van der Waals surface area contributed by atoms with Crippen LogP contribution < -0.4 is 0 Å². The number of rotatable bonds is 0. The van der Waals surface area contributed by atoms with E-state index < -0.39 is 6.10 Å². The summed E-state index contributed by atoms with van der Waals surface area (Å²) < 4.78 is 4.86. The molecule has 1 heterocycles. The zero-order chi connectivity index (χ0) is 5.98. The Hall–Kier alpha value is -0.120. The van der Waals surface area contributed by atoms with Crippen molar-refractivity contribution in [2.24, 2.45) is 0 Å². The number of hydrogen-bond acceptors (Lipinski definition) is 2. The maximum absolute atomic E-state index is 8.83. The first-order chi connectivity index (χ1) is 3.79. The lowest BCUT2D eigenvalue weighted by Crippen LogP contribution is -2.32. The van der Waals surface area contributed by atoms with Gasteiger partial charge in [0.25, 0.3) is 0 Å². The Morgan fingerprint density at radius 3 is 2.62 bits per heavy atom. The normalized spacial score (nSPS) is 39.8. The van der Waals surface area contributed by atoms with Crippen LogP contribution in [0.2, 0.25) is 0 Å². The lowest BCUT2D eigenvalue weighted by atomic mass is 10.1. The molecule has 1 saturated heterocycles. The number of hydrogen-bond donors (Lipinski definition) is 1. The minimum atomic E-state index is -0.397. The van der Waals surface area contributed by atoms with E-state index in [2.05, 4.69) is 0 Å². The lowest BCUT2D eigenvalue weighted by molar-refractivity contribution is -0.0714. The smallest absolute Gasteiger partial charge is 0.180 e. The highest BCUT2D eigenvalue weighted by molar-refractivity contribution is 4.66. The highest BCUT2D eigenvalue weighted by Crippen LogP contribution is 2.05. The maximum Gasteiger partial charge on any atom is 0.180 e. The van der Waals surface area contributed by atoms with Crippen LogP contribution >= 0.6 is 0 Å². The molecule has 0 radical (unpaired) electrons. The molecule has 0 aromatic heterocycles. The summed E-state index contributed by atoms with van der Waals surface area (Å²) >= 11 is 0.